The molecule has 0 heterocycles. The summed E-state index contributed by atoms with van der Waals surface area (Å²) >= 11 is 3.25. The Kier molecular flexibility index (Phi) is 6.09. The third kappa shape index (κ3) is 5.15. The summed E-state index contributed by atoms with van der Waals surface area (Å²) in [6, 6.07) is 5.28. The van der Waals surface area contributed by atoms with Crippen LogP contribution in [0.2, 0.25) is 0 Å². The van der Waals surface area contributed by atoms with Crippen LogP contribution in [0.1, 0.15) is 19.4 Å². The van der Waals surface area contributed by atoms with Crippen LogP contribution < -0.4 is 5.32 Å². The van der Waals surface area contributed by atoms with E-state index < -0.39 is 0 Å². The fourth-order valence-corrected chi connectivity index (χ4v) is 1.84. The average molecular weight is 304 g/mol. The molecule has 1 unspecified atom stereocenters. The quantitative estimate of drug-likeness (QED) is 0.872. The number of nitrogens with one attached hydrogen (secondary N) is 1. The second-order valence-corrected chi connectivity index (χ2v) is 5.22. The van der Waals surface area contributed by atoms with E-state index in [2.05, 4.69) is 21.2 Å². The molecule has 2 nitrogen and oxygen atoms in total. The molecule has 0 saturated heterocycles. The molecule has 0 bridgehead atoms. The van der Waals surface area contributed by atoms with E-state index in [4.69, 9.17) is 4.74 Å². The average Bonchev–Trinajstić information content (AvgIpc) is 2.26. The van der Waals surface area contributed by atoms with Crippen LogP contribution in [-0.2, 0) is 11.2 Å². The standard InChI is InChI=1S/C13H19BrFNO/c1-9(2)17-8-12(16-3)6-10-4-5-11(14)7-13(10)15/h4-5,7,9,12,16H,6,8H2,1-3H3. The van der Waals surface area contributed by atoms with Crippen LogP contribution in [0.5, 0.6) is 0 Å². The van der Waals surface area contributed by atoms with Gasteiger partial charge in [0.15, 0.2) is 0 Å². The van der Waals surface area contributed by atoms with Crippen molar-refractivity contribution in [2.24, 2.45) is 0 Å². The Morgan fingerprint density at radius 2 is 2.12 bits per heavy atom. The Hall–Kier alpha value is -0.450. The van der Waals surface area contributed by atoms with E-state index in [1.54, 1.807) is 6.07 Å². The summed E-state index contributed by atoms with van der Waals surface area (Å²) < 4.78 is 19.9. The van der Waals surface area contributed by atoms with E-state index in [1.807, 2.05) is 27.0 Å². The minimum Gasteiger partial charge on any atom is -0.377 e. The highest BCUT2D eigenvalue weighted by Crippen LogP contribution is 2.16. The number of hydrogen-bond donors (Lipinski definition) is 1. The normalized spacial score (nSPS) is 13.1. The zero-order valence-corrected chi connectivity index (χ0v) is 12.1. The van der Waals surface area contributed by atoms with Crippen molar-refractivity contribution in [3.63, 3.8) is 0 Å². The molecule has 4 heteroatoms. The first-order valence-electron chi connectivity index (χ1n) is 5.75. The lowest BCUT2D eigenvalue weighted by Gasteiger charge is -2.18. The smallest absolute Gasteiger partial charge is 0.127 e. The van der Waals surface area contributed by atoms with Crippen LogP contribution in [0, 0.1) is 5.82 Å². The van der Waals surface area contributed by atoms with Gasteiger partial charge in [-0.2, -0.15) is 0 Å². The van der Waals surface area contributed by atoms with Crippen molar-refractivity contribution in [2.45, 2.75) is 32.4 Å². The van der Waals surface area contributed by atoms with Crippen LogP contribution in [0.15, 0.2) is 22.7 Å². The molecule has 0 aliphatic heterocycles. The number of halogens is 2. The summed E-state index contributed by atoms with van der Waals surface area (Å²) in [4.78, 5) is 0. The molecule has 0 amide bonds. The number of likely N-dealkylation sites (N-methyl/N-ethyl adjacent to an activating group) is 1. The lowest BCUT2D eigenvalue weighted by molar-refractivity contribution is 0.0626. The predicted molar refractivity (Wildman–Crippen MR) is 71.7 cm³/mol. The van der Waals surface area contributed by atoms with E-state index in [0.717, 1.165) is 4.47 Å². The van der Waals surface area contributed by atoms with Crippen LogP contribution in [0.4, 0.5) is 4.39 Å². The van der Waals surface area contributed by atoms with Crippen molar-refractivity contribution in [1.29, 1.82) is 0 Å². The number of rotatable bonds is 6. The highest BCUT2D eigenvalue weighted by Gasteiger charge is 2.11. The van der Waals surface area contributed by atoms with E-state index in [0.29, 0.717) is 18.6 Å². The summed E-state index contributed by atoms with van der Waals surface area (Å²) in [5.74, 6) is -0.177. The zero-order valence-electron chi connectivity index (χ0n) is 10.5. The van der Waals surface area contributed by atoms with Gasteiger partial charge in [0.1, 0.15) is 5.82 Å². The SMILES string of the molecule is CNC(COC(C)C)Cc1ccc(Br)cc1F. The molecular formula is C13H19BrFNO. The van der Waals surface area contributed by atoms with E-state index in [-0.39, 0.29) is 18.0 Å². The molecule has 1 aromatic rings. The highest BCUT2D eigenvalue weighted by atomic mass is 79.9. The fraction of sp³-hybridized carbons (Fsp3) is 0.538. The molecule has 0 radical (unpaired) electrons. The molecule has 1 rings (SSSR count). The van der Waals surface area contributed by atoms with Crippen molar-refractivity contribution >= 4 is 15.9 Å². The Labute approximate surface area is 111 Å². The van der Waals surface area contributed by atoms with Crippen LogP contribution in [0.25, 0.3) is 0 Å². The topological polar surface area (TPSA) is 21.3 Å². The summed E-state index contributed by atoms with van der Waals surface area (Å²) in [5, 5.41) is 3.14. The maximum Gasteiger partial charge on any atom is 0.127 e. The molecule has 1 aromatic carbocycles. The van der Waals surface area contributed by atoms with Crippen molar-refractivity contribution in [3.05, 3.63) is 34.1 Å². The summed E-state index contributed by atoms with van der Waals surface area (Å²) in [7, 11) is 1.87. The highest BCUT2D eigenvalue weighted by molar-refractivity contribution is 9.10. The van der Waals surface area contributed by atoms with Gasteiger partial charge in [-0.25, -0.2) is 4.39 Å². The van der Waals surface area contributed by atoms with E-state index in [9.17, 15) is 4.39 Å². The summed E-state index contributed by atoms with van der Waals surface area (Å²) in [6.07, 6.45) is 0.822. The number of ether oxygens (including phenoxy) is 1. The van der Waals surface area contributed by atoms with Gasteiger partial charge in [0.05, 0.1) is 12.7 Å². The van der Waals surface area contributed by atoms with E-state index in [1.165, 1.54) is 6.07 Å². The first-order chi connectivity index (χ1) is 8.02. The van der Waals surface area contributed by atoms with Gasteiger partial charge in [-0.1, -0.05) is 22.0 Å². The molecule has 0 spiro atoms. The molecule has 0 aliphatic rings. The molecule has 1 N–H and O–H groups in total. The predicted octanol–water partition coefficient (Wildman–Crippen LogP) is 3.14. The van der Waals surface area contributed by atoms with E-state index >= 15 is 0 Å². The van der Waals surface area contributed by atoms with Crippen molar-refractivity contribution in [2.75, 3.05) is 13.7 Å². The third-order valence-corrected chi connectivity index (χ3v) is 3.01. The maximum absolute atomic E-state index is 13.6. The monoisotopic (exact) mass is 303 g/mol. The Bertz CT molecular complexity index is 357. The fourth-order valence-electron chi connectivity index (χ4n) is 1.51. The Balaban J connectivity index is 2.60. The zero-order chi connectivity index (χ0) is 12.8. The van der Waals surface area contributed by atoms with Crippen molar-refractivity contribution < 1.29 is 9.13 Å². The molecular weight excluding hydrogens is 285 g/mol. The van der Waals surface area contributed by atoms with Crippen LogP contribution in [-0.4, -0.2) is 25.8 Å². The number of benzene rings is 1. The first-order valence-corrected chi connectivity index (χ1v) is 6.55. The van der Waals surface area contributed by atoms with Gasteiger partial charge in [0, 0.05) is 10.5 Å². The molecule has 96 valence electrons. The second-order valence-electron chi connectivity index (χ2n) is 4.31. The lowest BCUT2D eigenvalue weighted by atomic mass is 10.1. The summed E-state index contributed by atoms with van der Waals surface area (Å²) in [6.45, 7) is 4.57. The van der Waals surface area contributed by atoms with Gasteiger partial charge in [-0.15, -0.1) is 0 Å². The first kappa shape index (κ1) is 14.6. The molecule has 0 aliphatic carbocycles. The van der Waals surface area contributed by atoms with Crippen molar-refractivity contribution in [1.82, 2.24) is 5.32 Å². The molecule has 0 aromatic heterocycles. The van der Waals surface area contributed by atoms with Gasteiger partial charge >= 0.3 is 0 Å². The molecule has 1 atom stereocenters. The minimum atomic E-state index is -0.177. The third-order valence-electron chi connectivity index (χ3n) is 2.52. The van der Waals surface area contributed by atoms with Crippen LogP contribution >= 0.6 is 15.9 Å². The summed E-state index contributed by atoms with van der Waals surface area (Å²) in [5.41, 5.74) is 0.708. The molecule has 0 fully saturated rings. The number of hydrogen-bond acceptors (Lipinski definition) is 2. The maximum atomic E-state index is 13.6. The van der Waals surface area contributed by atoms with Crippen molar-refractivity contribution in [3.8, 4) is 0 Å². The Morgan fingerprint density at radius 3 is 2.65 bits per heavy atom. The second kappa shape index (κ2) is 7.09. The molecule has 17 heavy (non-hydrogen) atoms. The molecule has 0 saturated carbocycles. The van der Waals surface area contributed by atoms with Gasteiger partial charge in [0.2, 0.25) is 0 Å². The van der Waals surface area contributed by atoms with Gasteiger partial charge in [0.25, 0.3) is 0 Å². The van der Waals surface area contributed by atoms with Gasteiger partial charge < -0.3 is 10.1 Å². The van der Waals surface area contributed by atoms with Gasteiger partial charge in [-0.3, -0.25) is 0 Å². The largest absolute Gasteiger partial charge is 0.377 e. The Morgan fingerprint density at radius 1 is 1.41 bits per heavy atom. The minimum absolute atomic E-state index is 0.132. The van der Waals surface area contributed by atoms with Crippen LogP contribution in [0.3, 0.4) is 0 Å². The lowest BCUT2D eigenvalue weighted by Crippen LogP contribution is -2.33. The van der Waals surface area contributed by atoms with Gasteiger partial charge in [-0.05, 0) is 45.0 Å².